The second kappa shape index (κ2) is 7.03. The van der Waals surface area contributed by atoms with E-state index in [4.69, 9.17) is 11.6 Å². The number of ether oxygens (including phenoxy) is 1. The van der Waals surface area contributed by atoms with Gasteiger partial charge >= 0.3 is 5.97 Å². The van der Waals surface area contributed by atoms with E-state index >= 15 is 0 Å². The van der Waals surface area contributed by atoms with Crippen LogP contribution in [-0.2, 0) is 9.53 Å². The summed E-state index contributed by atoms with van der Waals surface area (Å²) >= 11 is 5.76. The number of nitro benzene ring substituents is 1. The molecule has 7 nitrogen and oxygen atoms in total. The van der Waals surface area contributed by atoms with Crippen molar-refractivity contribution in [1.82, 2.24) is 5.32 Å². The molecule has 0 fully saturated rings. The van der Waals surface area contributed by atoms with Gasteiger partial charge in [0.2, 0.25) is 0 Å². The van der Waals surface area contributed by atoms with Crippen LogP contribution in [0.3, 0.4) is 0 Å². The monoisotopic (exact) mass is 314 g/mol. The minimum atomic E-state index is -0.902. The van der Waals surface area contributed by atoms with Crippen molar-refractivity contribution in [3.05, 3.63) is 38.9 Å². The summed E-state index contributed by atoms with van der Waals surface area (Å²) < 4.78 is 4.60. The van der Waals surface area contributed by atoms with E-state index in [1.54, 1.807) is 13.8 Å². The Bertz CT molecular complexity index is 574. The molecule has 1 N–H and O–H groups in total. The fraction of sp³-hybridized carbons (Fsp3) is 0.385. The molecular weight excluding hydrogens is 300 g/mol. The van der Waals surface area contributed by atoms with Crippen LogP contribution >= 0.6 is 11.6 Å². The number of amides is 1. The molecule has 0 saturated heterocycles. The summed E-state index contributed by atoms with van der Waals surface area (Å²) in [5.74, 6) is -1.61. The maximum absolute atomic E-state index is 12.2. The van der Waals surface area contributed by atoms with Crippen LogP contribution in [0.25, 0.3) is 0 Å². The van der Waals surface area contributed by atoms with Gasteiger partial charge in [0.1, 0.15) is 11.6 Å². The van der Waals surface area contributed by atoms with Gasteiger partial charge in [-0.05, 0) is 18.1 Å². The Morgan fingerprint density at radius 1 is 1.38 bits per heavy atom. The topological polar surface area (TPSA) is 98.5 Å². The van der Waals surface area contributed by atoms with Gasteiger partial charge in [-0.1, -0.05) is 25.4 Å². The first kappa shape index (κ1) is 16.9. The van der Waals surface area contributed by atoms with Crippen LogP contribution in [0.1, 0.15) is 24.2 Å². The van der Waals surface area contributed by atoms with Gasteiger partial charge in [0, 0.05) is 11.1 Å². The number of halogens is 1. The van der Waals surface area contributed by atoms with E-state index in [-0.39, 0.29) is 22.2 Å². The van der Waals surface area contributed by atoms with Gasteiger partial charge in [-0.25, -0.2) is 4.79 Å². The number of esters is 1. The van der Waals surface area contributed by atoms with E-state index in [1.807, 2.05) is 0 Å². The predicted molar refractivity (Wildman–Crippen MR) is 76.2 cm³/mol. The largest absolute Gasteiger partial charge is 0.467 e. The summed E-state index contributed by atoms with van der Waals surface area (Å²) in [6.07, 6.45) is 0. The van der Waals surface area contributed by atoms with E-state index in [1.165, 1.54) is 19.2 Å². The van der Waals surface area contributed by atoms with Crippen LogP contribution in [0, 0.1) is 16.0 Å². The summed E-state index contributed by atoms with van der Waals surface area (Å²) in [5.41, 5.74) is -0.591. The third kappa shape index (κ3) is 4.16. The number of carbonyl (C=O) groups is 2. The Morgan fingerprint density at radius 3 is 2.48 bits per heavy atom. The summed E-state index contributed by atoms with van der Waals surface area (Å²) in [5, 5.41) is 13.6. The lowest BCUT2D eigenvalue weighted by Crippen LogP contribution is -2.45. The molecule has 1 unspecified atom stereocenters. The second-order valence-corrected chi connectivity index (χ2v) is 5.07. The third-order valence-corrected chi connectivity index (χ3v) is 3.04. The van der Waals surface area contributed by atoms with Crippen molar-refractivity contribution in [2.24, 2.45) is 5.92 Å². The molecule has 1 aromatic rings. The molecule has 1 amide bonds. The van der Waals surface area contributed by atoms with E-state index < -0.39 is 22.8 Å². The number of nitro groups is 1. The Hall–Kier alpha value is -2.15. The lowest BCUT2D eigenvalue weighted by Gasteiger charge is -2.19. The van der Waals surface area contributed by atoms with Crippen molar-refractivity contribution in [2.75, 3.05) is 7.11 Å². The number of nitrogens with zero attached hydrogens (tertiary/aromatic N) is 1. The van der Waals surface area contributed by atoms with Crippen LogP contribution in [0.15, 0.2) is 18.2 Å². The first-order chi connectivity index (χ1) is 9.77. The van der Waals surface area contributed by atoms with Crippen molar-refractivity contribution in [1.29, 1.82) is 0 Å². The van der Waals surface area contributed by atoms with Gasteiger partial charge in [-0.15, -0.1) is 0 Å². The maximum Gasteiger partial charge on any atom is 0.328 e. The SMILES string of the molecule is COC(=O)C(NC(=O)c1cc(Cl)ccc1[N+](=O)[O-])C(C)C. The van der Waals surface area contributed by atoms with E-state index in [0.717, 1.165) is 6.07 Å². The molecule has 1 rings (SSSR count). The molecule has 0 heterocycles. The molecule has 0 aromatic heterocycles. The summed E-state index contributed by atoms with van der Waals surface area (Å²) in [4.78, 5) is 34.0. The predicted octanol–water partition coefficient (Wildman–Crippen LogP) is 2.18. The minimum Gasteiger partial charge on any atom is -0.467 e. The smallest absolute Gasteiger partial charge is 0.328 e. The lowest BCUT2D eigenvalue weighted by molar-refractivity contribution is -0.385. The molecule has 0 aliphatic carbocycles. The molecule has 1 atom stereocenters. The normalized spacial score (nSPS) is 11.9. The fourth-order valence-electron chi connectivity index (χ4n) is 1.69. The maximum atomic E-state index is 12.2. The fourth-order valence-corrected chi connectivity index (χ4v) is 1.87. The number of methoxy groups -OCH3 is 1. The van der Waals surface area contributed by atoms with Gasteiger partial charge in [-0.3, -0.25) is 14.9 Å². The average Bonchev–Trinajstić information content (AvgIpc) is 2.42. The average molecular weight is 315 g/mol. The first-order valence-electron chi connectivity index (χ1n) is 6.10. The number of hydrogen-bond donors (Lipinski definition) is 1. The van der Waals surface area contributed by atoms with Gasteiger partial charge in [0.05, 0.1) is 12.0 Å². The molecule has 0 aliphatic heterocycles. The summed E-state index contributed by atoms with van der Waals surface area (Å²) in [6.45, 7) is 3.43. The van der Waals surface area contributed by atoms with Crippen LogP contribution in [0.5, 0.6) is 0 Å². The third-order valence-electron chi connectivity index (χ3n) is 2.81. The Morgan fingerprint density at radius 2 is 2.00 bits per heavy atom. The number of carbonyl (C=O) groups excluding carboxylic acids is 2. The number of hydrogen-bond acceptors (Lipinski definition) is 5. The molecule has 0 spiro atoms. The summed E-state index contributed by atoms with van der Waals surface area (Å²) in [7, 11) is 1.20. The van der Waals surface area contributed by atoms with Crippen LogP contribution < -0.4 is 5.32 Å². The van der Waals surface area contributed by atoms with Crippen LogP contribution in [-0.4, -0.2) is 30.0 Å². The zero-order valence-electron chi connectivity index (χ0n) is 11.8. The number of benzene rings is 1. The molecule has 0 aliphatic rings. The Balaban J connectivity index is 3.11. The van der Waals surface area contributed by atoms with Gasteiger partial charge in [-0.2, -0.15) is 0 Å². The molecule has 0 bridgehead atoms. The van der Waals surface area contributed by atoms with Gasteiger partial charge < -0.3 is 10.1 Å². The van der Waals surface area contributed by atoms with Crippen LogP contribution in [0.4, 0.5) is 5.69 Å². The highest BCUT2D eigenvalue weighted by molar-refractivity contribution is 6.31. The molecular formula is C13H15ClN2O5. The zero-order valence-corrected chi connectivity index (χ0v) is 12.5. The summed E-state index contributed by atoms with van der Waals surface area (Å²) in [6, 6.07) is 2.74. The van der Waals surface area contributed by atoms with Gasteiger partial charge in [0.25, 0.3) is 11.6 Å². The highest BCUT2D eigenvalue weighted by atomic mass is 35.5. The lowest BCUT2D eigenvalue weighted by atomic mass is 10.0. The Labute approximate surface area is 126 Å². The highest BCUT2D eigenvalue weighted by Crippen LogP contribution is 2.23. The first-order valence-corrected chi connectivity index (χ1v) is 6.48. The molecule has 1 aromatic carbocycles. The minimum absolute atomic E-state index is 0.185. The standard InChI is InChI=1S/C13H15ClN2O5/c1-7(2)11(13(18)21-3)15-12(17)9-6-8(14)4-5-10(9)16(19)20/h4-7,11H,1-3H3,(H,15,17). The number of rotatable bonds is 5. The van der Waals surface area contributed by atoms with Crippen LogP contribution in [0.2, 0.25) is 5.02 Å². The van der Waals surface area contributed by atoms with Crippen molar-refractivity contribution in [3.63, 3.8) is 0 Å². The molecule has 0 saturated carbocycles. The molecule has 8 heteroatoms. The zero-order chi connectivity index (χ0) is 16.2. The highest BCUT2D eigenvalue weighted by Gasteiger charge is 2.28. The van der Waals surface area contributed by atoms with E-state index in [0.29, 0.717) is 0 Å². The molecule has 114 valence electrons. The van der Waals surface area contributed by atoms with Crippen molar-refractivity contribution in [3.8, 4) is 0 Å². The van der Waals surface area contributed by atoms with Gasteiger partial charge in [0.15, 0.2) is 0 Å². The quantitative estimate of drug-likeness (QED) is 0.510. The van der Waals surface area contributed by atoms with Crippen molar-refractivity contribution >= 4 is 29.2 Å². The van der Waals surface area contributed by atoms with E-state index in [9.17, 15) is 19.7 Å². The molecule has 0 radical (unpaired) electrons. The Kier molecular flexibility index (Phi) is 5.66. The van der Waals surface area contributed by atoms with Crippen molar-refractivity contribution in [2.45, 2.75) is 19.9 Å². The van der Waals surface area contributed by atoms with E-state index in [2.05, 4.69) is 10.1 Å². The number of nitrogens with one attached hydrogen (secondary N) is 1. The van der Waals surface area contributed by atoms with Crippen molar-refractivity contribution < 1.29 is 19.2 Å². The second-order valence-electron chi connectivity index (χ2n) is 4.64. The molecule has 21 heavy (non-hydrogen) atoms.